The largest absolute Gasteiger partial charge is 0.496 e. The van der Waals surface area contributed by atoms with Gasteiger partial charge in [0.15, 0.2) is 17.2 Å². The first-order valence-electron chi connectivity index (χ1n) is 13.5. The van der Waals surface area contributed by atoms with Crippen molar-refractivity contribution >= 4 is 40.1 Å². The van der Waals surface area contributed by atoms with Crippen LogP contribution >= 0.6 is 0 Å². The molecule has 234 valence electrons. The third kappa shape index (κ3) is 5.61. The normalized spacial score (nSPS) is 12.4. The van der Waals surface area contributed by atoms with Crippen molar-refractivity contribution in [2.75, 3.05) is 12.0 Å². The zero-order valence-electron chi connectivity index (χ0n) is 26.1. The molecule has 3 aromatic heterocycles. The smallest absolute Gasteiger partial charge is 0.434 e. The van der Waals surface area contributed by atoms with Gasteiger partial charge in [0.05, 0.1) is 30.0 Å². The molecule has 0 spiro atoms. The van der Waals surface area contributed by atoms with Crippen LogP contribution in [0, 0.1) is 25.2 Å². The summed E-state index contributed by atoms with van der Waals surface area (Å²) in [5.74, 6) is -0.170. The number of hydrogen-bond donors (Lipinski definition) is 0. The zero-order chi connectivity index (χ0) is 33.1. The third-order valence-electron chi connectivity index (χ3n) is 6.50. The standard InChI is InChI=1S/C30H33F3N6O5/c1-15-11-12-18(42-10)16(2)21(15)38-22-19(23(30(31,32)33)36-24-20(22)35-14-37(24)9)17(13-34)25(38)39(26(40)43-28(3,4)5)27(41)44-29(6,7)8/h11-12,14H,1-10H3. The highest BCUT2D eigenvalue weighted by molar-refractivity contribution is 6.16. The fourth-order valence-electron chi connectivity index (χ4n) is 4.88. The number of aromatic nitrogens is 4. The van der Waals surface area contributed by atoms with E-state index in [9.17, 15) is 28.0 Å². The Kier molecular flexibility index (Phi) is 7.83. The number of benzene rings is 1. The molecule has 0 aliphatic carbocycles. The molecule has 0 fully saturated rings. The van der Waals surface area contributed by atoms with Crippen LogP contribution in [-0.4, -0.2) is 49.6 Å². The van der Waals surface area contributed by atoms with Gasteiger partial charge in [-0.1, -0.05) is 6.07 Å². The van der Waals surface area contributed by atoms with Crippen LogP contribution < -0.4 is 9.64 Å². The first kappa shape index (κ1) is 32.1. The number of ether oxygens (including phenoxy) is 3. The van der Waals surface area contributed by atoms with Crippen molar-refractivity contribution in [2.24, 2.45) is 7.05 Å². The number of hydrogen-bond acceptors (Lipinski definition) is 8. The Morgan fingerprint density at radius 2 is 1.57 bits per heavy atom. The second kappa shape index (κ2) is 10.7. The summed E-state index contributed by atoms with van der Waals surface area (Å²) < 4.78 is 63.4. The number of carbonyl (C=O) groups excluding carboxylic acids is 2. The molecular formula is C30H33F3N6O5. The Morgan fingerprint density at radius 1 is 1.00 bits per heavy atom. The lowest BCUT2D eigenvalue weighted by Gasteiger charge is -2.30. The summed E-state index contributed by atoms with van der Waals surface area (Å²) in [6.07, 6.45) is -6.31. The maximum absolute atomic E-state index is 14.8. The number of pyridine rings is 1. The highest BCUT2D eigenvalue weighted by Gasteiger charge is 2.44. The van der Waals surface area contributed by atoms with Crippen LogP contribution in [0.2, 0.25) is 0 Å². The molecule has 0 saturated carbocycles. The Bertz CT molecular complexity index is 1820. The number of alkyl halides is 3. The lowest BCUT2D eigenvalue weighted by atomic mass is 10.1. The Labute approximate surface area is 251 Å². The van der Waals surface area contributed by atoms with E-state index in [-0.39, 0.29) is 22.4 Å². The summed E-state index contributed by atoms with van der Waals surface area (Å²) in [5, 5.41) is 9.87. The molecule has 3 heterocycles. The zero-order valence-corrected chi connectivity index (χ0v) is 26.1. The fraction of sp³-hybridized carbons (Fsp3) is 0.433. The highest BCUT2D eigenvalue weighted by atomic mass is 19.4. The van der Waals surface area contributed by atoms with E-state index in [1.54, 1.807) is 67.5 Å². The van der Waals surface area contributed by atoms with Crippen molar-refractivity contribution in [1.29, 1.82) is 5.26 Å². The molecule has 14 heteroatoms. The highest BCUT2D eigenvalue weighted by Crippen LogP contribution is 2.46. The summed E-state index contributed by atoms with van der Waals surface area (Å²) >= 11 is 0. The molecular weight excluding hydrogens is 581 g/mol. The molecule has 44 heavy (non-hydrogen) atoms. The minimum atomic E-state index is -5.05. The second-order valence-corrected chi connectivity index (χ2v) is 12.2. The van der Waals surface area contributed by atoms with E-state index in [2.05, 4.69) is 9.97 Å². The number of nitriles is 1. The minimum absolute atomic E-state index is 0.00630. The van der Waals surface area contributed by atoms with E-state index in [0.29, 0.717) is 21.8 Å². The summed E-state index contributed by atoms with van der Waals surface area (Å²) in [6, 6.07) is 5.14. The number of imidazole rings is 1. The number of amides is 2. The van der Waals surface area contributed by atoms with Crippen molar-refractivity contribution in [1.82, 2.24) is 19.1 Å². The van der Waals surface area contributed by atoms with Crippen LogP contribution in [-0.2, 0) is 22.7 Å². The summed E-state index contributed by atoms with van der Waals surface area (Å²) in [6.45, 7) is 12.7. The number of carbonyl (C=O) groups is 2. The Hall–Kier alpha value is -4.80. The van der Waals surface area contributed by atoms with Gasteiger partial charge < -0.3 is 18.8 Å². The van der Waals surface area contributed by atoms with Gasteiger partial charge in [-0.25, -0.2) is 19.6 Å². The maximum Gasteiger partial charge on any atom is 0.434 e. The number of methoxy groups -OCH3 is 1. The Morgan fingerprint density at radius 3 is 2.05 bits per heavy atom. The SMILES string of the molecule is COc1ccc(C)c(-n2c(N(C(=O)OC(C)(C)C)C(=O)OC(C)(C)C)c(C#N)c3c(C(F)(F)F)nc4c(ncn4C)c32)c1C. The van der Waals surface area contributed by atoms with Crippen LogP contribution in [0.4, 0.5) is 28.6 Å². The topological polar surface area (TPSA) is 124 Å². The number of aryl methyl sites for hydroxylation is 2. The summed E-state index contributed by atoms with van der Waals surface area (Å²) in [4.78, 5) is 36.4. The van der Waals surface area contributed by atoms with Crippen LogP contribution in [0.15, 0.2) is 18.5 Å². The molecule has 4 rings (SSSR count). The van der Waals surface area contributed by atoms with E-state index in [1.165, 1.54) is 29.6 Å². The van der Waals surface area contributed by atoms with Crippen LogP contribution in [0.3, 0.4) is 0 Å². The van der Waals surface area contributed by atoms with Gasteiger partial charge in [0.2, 0.25) is 0 Å². The van der Waals surface area contributed by atoms with E-state index < -0.39 is 52.0 Å². The van der Waals surface area contributed by atoms with Gasteiger partial charge in [-0.15, -0.1) is 0 Å². The van der Waals surface area contributed by atoms with Gasteiger partial charge in [0.1, 0.15) is 34.1 Å². The van der Waals surface area contributed by atoms with Gasteiger partial charge in [0.25, 0.3) is 0 Å². The van der Waals surface area contributed by atoms with E-state index in [1.807, 2.05) is 6.07 Å². The molecule has 0 atom stereocenters. The minimum Gasteiger partial charge on any atom is -0.496 e. The first-order chi connectivity index (χ1) is 20.2. The van der Waals surface area contributed by atoms with Crippen LogP contribution in [0.5, 0.6) is 5.75 Å². The molecule has 0 aliphatic heterocycles. The molecule has 0 radical (unpaired) electrons. The van der Waals surface area contributed by atoms with Crippen molar-refractivity contribution in [3.63, 3.8) is 0 Å². The lowest BCUT2D eigenvalue weighted by Crippen LogP contribution is -2.45. The molecule has 0 bridgehead atoms. The molecule has 2 amide bonds. The van der Waals surface area contributed by atoms with Crippen LogP contribution in [0.25, 0.3) is 27.8 Å². The number of fused-ring (bicyclic) bond motifs is 3. The quantitative estimate of drug-likeness (QED) is 0.239. The number of halogens is 3. The molecule has 0 unspecified atom stereocenters. The van der Waals surface area contributed by atoms with Crippen molar-refractivity contribution in [2.45, 2.75) is 72.8 Å². The number of rotatable bonds is 3. The Balaban J connectivity index is 2.38. The van der Waals surface area contributed by atoms with Crippen LogP contribution in [0.1, 0.15) is 63.9 Å². The predicted octanol–water partition coefficient (Wildman–Crippen LogP) is 7.10. The summed E-state index contributed by atoms with van der Waals surface area (Å²) in [5.41, 5.74) is -3.48. The molecule has 0 N–H and O–H groups in total. The van der Waals surface area contributed by atoms with E-state index in [4.69, 9.17) is 14.2 Å². The van der Waals surface area contributed by atoms with Gasteiger partial charge in [-0.05, 0) is 67.0 Å². The second-order valence-electron chi connectivity index (χ2n) is 12.2. The molecule has 0 aliphatic rings. The molecule has 4 aromatic rings. The van der Waals surface area contributed by atoms with Gasteiger partial charge in [-0.3, -0.25) is 4.57 Å². The van der Waals surface area contributed by atoms with Crippen molar-refractivity contribution < 1.29 is 37.0 Å². The summed E-state index contributed by atoms with van der Waals surface area (Å²) in [7, 11) is 2.90. The van der Waals surface area contributed by atoms with E-state index in [0.717, 1.165) is 0 Å². The lowest BCUT2D eigenvalue weighted by molar-refractivity contribution is -0.139. The maximum atomic E-state index is 14.8. The average molecular weight is 615 g/mol. The average Bonchev–Trinajstić information content (AvgIpc) is 3.39. The monoisotopic (exact) mass is 614 g/mol. The molecule has 11 nitrogen and oxygen atoms in total. The number of imide groups is 1. The predicted molar refractivity (Wildman–Crippen MR) is 156 cm³/mol. The van der Waals surface area contributed by atoms with Gasteiger partial charge in [0, 0.05) is 12.6 Å². The third-order valence-corrected chi connectivity index (χ3v) is 6.50. The van der Waals surface area contributed by atoms with Gasteiger partial charge >= 0.3 is 18.4 Å². The fourth-order valence-corrected chi connectivity index (χ4v) is 4.88. The molecule has 0 saturated heterocycles. The van der Waals surface area contributed by atoms with Crippen molar-refractivity contribution in [3.05, 3.63) is 40.8 Å². The molecule has 1 aromatic carbocycles. The number of anilines is 1. The van der Waals surface area contributed by atoms with Crippen molar-refractivity contribution in [3.8, 4) is 17.5 Å². The van der Waals surface area contributed by atoms with Gasteiger partial charge in [-0.2, -0.15) is 23.3 Å². The van der Waals surface area contributed by atoms with E-state index >= 15 is 0 Å². The first-order valence-corrected chi connectivity index (χ1v) is 13.5. The number of nitrogens with zero attached hydrogens (tertiary/aromatic N) is 6.